The maximum absolute atomic E-state index is 15.2. The molecule has 2 amide bonds. The van der Waals surface area contributed by atoms with Gasteiger partial charge in [0.25, 0.3) is 17.6 Å². The molecule has 0 unspecified atom stereocenters. The van der Waals surface area contributed by atoms with Crippen LogP contribution in [0.4, 0.5) is 0 Å². The number of fused-ring (bicyclic) bond motifs is 3. The van der Waals surface area contributed by atoms with E-state index in [-0.39, 0.29) is 55.1 Å². The summed E-state index contributed by atoms with van der Waals surface area (Å²) in [5.41, 5.74) is -0.341. The van der Waals surface area contributed by atoms with Gasteiger partial charge in [-0.1, -0.05) is 62.8 Å². The first-order valence-electron chi connectivity index (χ1n) is 23.5. The zero-order chi connectivity index (χ0) is 47.6. The number of esters is 1. The van der Waals surface area contributed by atoms with Crippen LogP contribution in [0.3, 0.4) is 0 Å². The molecule has 3 heterocycles. The molecule has 1 aliphatic carbocycles. The van der Waals surface area contributed by atoms with Gasteiger partial charge in [-0.25, -0.2) is 4.79 Å². The molecule has 0 spiro atoms. The number of hydrogen-bond donors (Lipinski definition) is 3. The molecule has 3 N–H and O–H groups in total. The predicted molar refractivity (Wildman–Crippen MR) is 244 cm³/mol. The summed E-state index contributed by atoms with van der Waals surface area (Å²) in [5.74, 6) is -5.77. The van der Waals surface area contributed by atoms with Gasteiger partial charge in [-0.15, -0.1) is 6.58 Å². The third-order valence-electron chi connectivity index (χ3n) is 14.3. The smallest absolute Gasteiger partial charge is 0.329 e. The van der Waals surface area contributed by atoms with Crippen molar-refractivity contribution in [2.75, 3.05) is 27.9 Å². The Kier molecular flexibility index (Phi) is 18.9. The maximum atomic E-state index is 15.2. The highest BCUT2D eigenvalue weighted by molar-refractivity contribution is 6.40. The van der Waals surface area contributed by atoms with Crippen LogP contribution in [-0.2, 0) is 42.9 Å². The normalized spacial score (nSPS) is 37.2. The van der Waals surface area contributed by atoms with Crippen LogP contribution in [0.2, 0.25) is 0 Å². The standard InChI is InChI=1S/C51H74N2O12/c1-10-16-37-24-30(2)23-31(3)25-43(62-8)46-44(63-9)27-33(5)51(65-46,52-48(58)36-17-12-11-13-18-36)47(57)49(59)53-22-15-14-19-38(53)50(60)64-45(34(6)40(55)29-41(37)56)32(4)26-35-20-21-39(54)42(28-35)61-7/h10-13,17-18,24,26,31,33-35,37-40,42-46,54-55H,1,14-16,19-23,25,27-29H2,2-9H3,(H,52,58)/b30-24+,32-26+/t31-,33+,34+,35-,37+,38-,39+,40-,42+,43-,44-,45+,46+,51+/m0/s1. The lowest BCUT2D eigenvalue weighted by Gasteiger charge is -2.49. The second-order valence-electron chi connectivity index (χ2n) is 19.1. The van der Waals surface area contributed by atoms with Crippen LogP contribution in [0.1, 0.15) is 116 Å². The summed E-state index contributed by atoms with van der Waals surface area (Å²) in [6.45, 7) is 13.3. The quantitative estimate of drug-likeness (QED) is 0.148. The number of carbonyl (C=O) groups is 5. The number of benzene rings is 1. The number of nitrogens with one attached hydrogen (secondary N) is 1. The minimum absolute atomic E-state index is 0.0270. The van der Waals surface area contributed by atoms with Gasteiger partial charge in [-0.2, -0.15) is 0 Å². The highest BCUT2D eigenvalue weighted by Gasteiger charge is 2.58. The average Bonchev–Trinajstić information content (AvgIpc) is 3.29. The number of methoxy groups -OCH3 is 3. The molecule has 1 aromatic rings. The summed E-state index contributed by atoms with van der Waals surface area (Å²) in [7, 11) is 4.65. The van der Waals surface area contributed by atoms with Crippen molar-refractivity contribution in [1.29, 1.82) is 0 Å². The highest BCUT2D eigenvalue weighted by atomic mass is 16.6. The first-order chi connectivity index (χ1) is 31.0. The molecule has 14 heteroatoms. The van der Waals surface area contributed by atoms with Crippen LogP contribution < -0.4 is 5.32 Å². The zero-order valence-electron chi connectivity index (χ0n) is 39.7. The Hall–Kier alpha value is -4.05. The van der Waals surface area contributed by atoms with Gasteiger partial charge in [0.2, 0.25) is 5.72 Å². The number of amides is 2. The van der Waals surface area contributed by atoms with Crippen LogP contribution >= 0.6 is 0 Å². The van der Waals surface area contributed by atoms with E-state index in [9.17, 15) is 29.4 Å². The largest absolute Gasteiger partial charge is 0.456 e. The van der Waals surface area contributed by atoms with E-state index in [4.69, 9.17) is 23.7 Å². The Morgan fingerprint density at radius 1 is 0.908 bits per heavy atom. The summed E-state index contributed by atoms with van der Waals surface area (Å²) in [4.78, 5) is 74.2. The van der Waals surface area contributed by atoms with Crippen molar-refractivity contribution in [3.05, 3.63) is 71.8 Å². The summed E-state index contributed by atoms with van der Waals surface area (Å²) < 4.78 is 30.9. The molecule has 2 bridgehead atoms. The third-order valence-corrected chi connectivity index (χ3v) is 14.3. The van der Waals surface area contributed by atoms with Crippen molar-refractivity contribution >= 4 is 29.4 Å². The molecule has 5 rings (SSSR count). The van der Waals surface area contributed by atoms with Crippen molar-refractivity contribution in [3.63, 3.8) is 0 Å². The van der Waals surface area contributed by atoms with E-state index in [1.54, 1.807) is 71.6 Å². The minimum Gasteiger partial charge on any atom is -0.456 e. The van der Waals surface area contributed by atoms with E-state index in [1.165, 1.54) is 4.90 Å². The van der Waals surface area contributed by atoms with Crippen molar-refractivity contribution in [1.82, 2.24) is 10.2 Å². The molecule has 1 saturated carbocycles. The van der Waals surface area contributed by atoms with E-state index in [1.807, 2.05) is 26.0 Å². The molecular formula is C51H74N2O12. The first kappa shape index (κ1) is 51.9. The van der Waals surface area contributed by atoms with E-state index in [2.05, 4.69) is 18.8 Å². The Labute approximate surface area is 385 Å². The van der Waals surface area contributed by atoms with Crippen LogP contribution in [-0.4, -0.2) is 127 Å². The van der Waals surface area contributed by atoms with Gasteiger partial charge in [-0.3, -0.25) is 19.2 Å². The lowest BCUT2D eigenvalue weighted by atomic mass is 9.80. The van der Waals surface area contributed by atoms with Gasteiger partial charge >= 0.3 is 5.97 Å². The van der Waals surface area contributed by atoms with Gasteiger partial charge in [0.15, 0.2) is 0 Å². The summed E-state index contributed by atoms with van der Waals surface area (Å²) in [5, 5.41) is 25.2. The summed E-state index contributed by atoms with van der Waals surface area (Å²) in [6, 6.07) is 7.19. The second kappa shape index (κ2) is 23.6. The molecule has 2 saturated heterocycles. The Balaban J connectivity index is 1.62. The number of rotatable bonds is 9. The topological polar surface area (TPSA) is 187 Å². The molecule has 360 valence electrons. The van der Waals surface area contributed by atoms with Crippen LogP contribution in [0.15, 0.2) is 66.3 Å². The fourth-order valence-electron chi connectivity index (χ4n) is 10.5. The van der Waals surface area contributed by atoms with E-state index >= 15 is 4.79 Å². The van der Waals surface area contributed by atoms with Crippen molar-refractivity contribution < 1.29 is 57.9 Å². The average molecular weight is 907 g/mol. The van der Waals surface area contributed by atoms with Crippen molar-refractivity contribution in [3.8, 4) is 0 Å². The van der Waals surface area contributed by atoms with Crippen LogP contribution in [0.25, 0.3) is 0 Å². The second-order valence-corrected chi connectivity index (χ2v) is 19.1. The summed E-state index contributed by atoms with van der Waals surface area (Å²) in [6.07, 6.45) is 4.59. The van der Waals surface area contributed by atoms with Gasteiger partial charge in [0, 0.05) is 57.6 Å². The van der Waals surface area contributed by atoms with E-state index in [0.717, 1.165) is 5.57 Å². The maximum Gasteiger partial charge on any atom is 0.329 e. The predicted octanol–water partition coefficient (Wildman–Crippen LogP) is 6.08. The molecular weight excluding hydrogens is 833 g/mol. The molecule has 0 aromatic heterocycles. The monoisotopic (exact) mass is 907 g/mol. The van der Waals surface area contributed by atoms with E-state index < -0.39 is 89.7 Å². The molecule has 65 heavy (non-hydrogen) atoms. The molecule has 0 radical (unpaired) electrons. The van der Waals surface area contributed by atoms with Gasteiger partial charge in [0.05, 0.1) is 30.5 Å². The Morgan fingerprint density at radius 3 is 2.25 bits per heavy atom. The number of carbonyl (C=O) groups excluding carboxylic acids is 5. The number of hydrogen-bond acceptors (Lipinski definition) is 12. The molecule has 14 nitrogen and oxygen atoms in total. The van der Waals surface area contributed by atoms with E-state index in [0.29, 0.717) is 56.9 Å². The number of aliphatic hydroxyl groups is 2. The molecule has 3 fully saturated rings. The van der Waals surface area contributed by atoms with Crippen LogP contribution in [0.5, 0.6) is 0 Å². The van der Waals surface area contributed by atoms with Gasteiger partial charge < -0.3 is 44.1 Å². The number of piperidine rings is 1. The van der Waals surface area contributed by atoms with Crippen molar-refractivity contribution in [2.24, 2.45) is 29.6 Å². The number of ether oxygens (including phenoxy) is 5. The number of nitrogens with zero attached hydrogens (tertiary/aromatic N) is 1. The number of aliphatic hydroxyl groups excluding tert-OH is 2. The molecule has 3 aliphatic heterocycles. The highest BCUT2D eigenvalue weighted by Crippen LogP contribution is 2.40. The third kappa shape index (κ3) is 12.5. The lowest BCUT2D eigenvalue weighted by molar-refractivity contribution is -0.240. The van der Waals surface area contributed by atoms with Gasteiger partial charge in [0.1, 0.15) is 24.0 Å². The zero-order valence-corrected chi connectivity index (χ0v) is 39.7. The minimum atomic E-state index is -2.18. The fraction of sp³-hybridized carbons (Fsp3) is 0.667. The molecule has 4 aliphatic rings. The lowest BCUT2D eigenvalue weighted by Crippen LogP contribution is -2.71. The Bertz CT molecular complexity index is 1880. The van der Waals surface area contributed by atoms with Crippen LogP contribution in [0, 0.1) is 29.6 Å². The number of cyclic esters (lactones) is 1. The number of ketones is 2. The fourth-order valence-corrected chi connectivity index (χ4v) is 10.5. The Morgan fingerprint density at radius 2 is 1.58 bits per heavy atom. The first-order valence-corrected chi connectivity index (χ1v) is 23.5. The number of Topliss-reactive ketones (excluding diaryl/α,β-unsaturated/α-hetero) is 2. The SMILES string of the molecule is C=CC[C@@H]1/C=C(\C)C[C@H](C)C[C@H](OC)[C@H]2O[C@@](NC(=O)c3ccccc3)(C(=O)C(=O)N3CCCC[C@H]3C(=O)O[C@H](/C(C)=C/[C@@H]3CC[C@@H](O)[C@H](OC)C3)[C@H](C)[C@@H](O)CC1=O)[C@H](C)C[C@@H]2OC. The molecule has 1 aromatic carbocycles. The summed E-state index contributed by atoms with van der Waals surface area (Å²) >= 11 is 0. The van der Waals surface area contributed by atoms with Gasteiger partial charge in [-0.05, 0) is 108 Å². The number of allylic oxidation sites excluding steroid dienone is 4. The molecule has 14 atom stereocenters. The van der Waals surface area contributed by atoms with Crippen molar-refractivity contribution in [2.45, 2.75) is 160 Å².